The summed E-state index contributed by atoms with van der Waals surface area (Å²) in [6, 6.07) is 23.9. The third-order valence-corrected chi connectivity index (χ3v) is 5.46. The molecule has 5 heteroatoms. The van der Waals surface area contributed by atoms with E-state index in [1.54, 1.807) is 0 Å². The van der Waals surface area contributed by atoms with E-state index >= 15 is 0 Å². The quantitative estimate of drug-likeness (QED) is 0.539. The number of hydrogen-bond donors (Lipinski definition) is 1. The van der Waals surface area contributed by atoms with Crippen LogP contribution in [0.4, 0.5) is 5.69 Å². The van der Waals surface area contributed by atoms with Gasteiger partial charge in [-0.3, -0.25) is 4.79 Å². The van der Waals surface area contributed by atoms with Crippen LogP contribution in [-0.4, -0.2) is 11.1 Å². The zero-order valence-corrected chi connectivity index (χ0v) is 17.7. The molecule has 1 amide bonds. The summed E-state index contributed by atoms with van der Waals surface area (Å²) in [6.45, 7) is 4.61. The van der Waals surface area contributed by atoms with Crippen molar-refractivity contribution in [3.63, 3.8) is 0 Å². The Balaban J connectivity index is 1.41. The Hall–Kier alpha value is -3.31. The number of amides is 1. The molecule has 4 rings (SSSR count). The van der Waals surface area contributed by atoms with Gasteiger partial charge in [-0.25, -0.2) is 4.99 Å². The summed E-state index contributed by atoms with van der Waals surface area (Å²) in [4.78, 5) is 17.4. The molecular formula is C25H22N2O2S. The SMILES string of the molecule is Cc1cccc(COc2ccc(/C=C3\SC(=Nc4cccc(C)c4)NC3=O)cc2)c1. The molecule has 0 saturated carbocycles. The largest absolute Gasteiger partial charge is 0.489 e. The van der Waals surface area contributed by atoms with Crippen molar-refractivity contribution < 1.29 is 9.53 Å². The zero-order valence-electron chi connectivity index (χ0n) is 16.9. The molecule has 1 N–H and O–H groups in total. The molecule has 1 fully saturated rings. The minimum atomic E-state index is -0.133. The van der Waals surface area contributed by atoms with Gasteiger partial charge >= 0.3 is 0 Å². The molecule has 150 valence electrons. The standard InChI is InChI=1S/C25H22N2O2S/c1-17-5-3-7-20(13-17)16-29-22-11-9-19(10-12-22)15-23-24(28)27-25(30-23)26-21-8-4-6-18(2)14-21/h3-15H,16H2,1-2H3,(H,26,27,28)/b23-15-. The Bertz CT molecular complexity index is 1130. The van der Waals surface area contributed by atoms with Crippen molar-refractivity contribution in [2.75, 3.05) is 0 Å². The summed E-state index contributed by atoms with van der Waals surface area (Å²) >= 11 is 1.35. The molecule has 3 aromatic carbocycles. The summed E-state index contributed by atoms with van der Waals surface area (Å²) < 4.78 is 5.86. The van der Waals surface area contributed by atoms with E-state index in [-0.39, 0.29) is 5.91 Å². The summed E-state index contributed by atoms with van der Waals surface area (Å²) in [5, 5.41) is 3.42. The van der Waals surface area contributed by atoms with Crippen LogP contribution in [0.15, 0.2) is 82.7 Å². The number of amidine groups is 1. The summed E-state index contributed by atoms with van der Waals surface area (Å²) in [6.07, 6.45) is 1.86. The van der Waals surface area contributed by atoms with Crippen molar-refractivity contribution in [1.29, 1.82) is 0 Å². The van der Waals surface area contributed by atoms with Crippen LogP contribution in [0.5, 0.6) is 5.75 Å². The Kier molecular flexibility index (Phi) is 6.00. The highest BCUT2D eigenvalue weighted by molar-refractivity contribution is 8.18. The number of nitrogens with zero attached hydrogens (tertiary/aromatic N) is 1. The summed E-state index contributed by atoms with van der Waals surface area (Å²) in [7, 11) is 0. The molecule has 4 nitrogen and oxygen atoms in total. The van der Waals surface area contributed by atoms with E-state index in [1.807, 2.05) is 67.6 Å². The Labute approximate surface area is 180 Å². The number of carbonyl (C=O) groups excluding carboxylic acids is 1. The topological polar surface area (TPSA) is 50.7 Å². The Morgan fingerprint density at radius 2 is 1.70 bits per heavy atom. The van der Waals surface area contributed by atoms with Gasteiger partial charge in [-0.15, -0.1) is 0 Å². The van der Waals surface area contributed by atoms with Crippen LogP contribution in [0, 0.1) is 13.8 Å². The number of benzene rings is 3. The molecule has 1 saturated heterocycles. The first-order valence-electron chi connectivity index (χ1n) is 9.70. The van der Waals surface area contributed by atoms with Crippen LogP contribution in [-0.2, 0) is 11.4 Å². The molecule has 1 heterocycles. The lowest BCUT2D eigenvalue weighted by Crippen LogP contribution is -2.19. The predicted molar refractivity (Wildman–Crippen MR) is 124 cm³/mol. The molecule has 3 aromatic rings. The first-order valence-corrected chi connectivity index (χ1v) is 10.5. The van der Waals surface area contributed by atoms with Gasteiger partial charge in [0.15, 0.2) is 5.17 Å². The van der Waals surface area contributed by atoms with Gasteiger partial charge in [0.1, 0.15) is 12.4 Å². The van der Waals surface area contributed by atoms with Crippen LogP contribution in [0.25, 0.3) is 6.08 Å². The number of rotatable bonds is 5. The second-order valence-corrected chi connectivity index (χ2v) is 8.20. The maximum atomic E-state index is 12.3. The lowest BCUT2D eigenvalue weighted by molar-refractivity contribution is -0.115. The van der Waals surface area contributed by atoms with Crippen LogP contribution in [0.1, 0.15) is 22.3 Å². The lowest BCUT2D eigenvalue weighted by atomic mass is 10.1. The van der Waals surface area contributed by atoms with Gasteiger partial charge in [-0.2, -0.15) is 0 Å². The van der Waals surface area contributed by atoms with E-state index in [2.05, 4.69) is 35.4 Å². The molecule has 0 bridgehead atoms. The third kappa shape index (κ3) is 5.19. The van der Waals surface area contributed by atoms with Gasteiger partial charge in [0.25, 0.3) is 5.91 Å². The molecule has 30 heavy (non-hydrogen) atoms. The number of carbonyl (C=O) groups is 1. The van der Waals surface area contributed by atoms with E-state index in [1.165, 1.54) is 17.3 Å². The van der Waals surface area contributed by atoms with Crippen molar-refractivity contribution in [2.24, 2.45) is 4.99 Å². The fourth-order valence-corrected chi connectivity index (χ4v) is 3.92. The lowest BCUT2D eigenvalue weighted by Gasteiger charge is -2.07. The average molecular weight is 415 g/mol. The Morgan fingerprint density at radius 1 is 0.967 bits per heavy atom. The van der Waals surface area contributed by atoms with E-state index in [9.17, 15) is 4.79 Å². The monoisotopic (exact) mass is 414 g/mol. The number of aryl methyl sites for hydroxylation is 2. The van der Waals surface area contributed by atoms with Gasteiger partial charge in [-0.05, 0) is 72.6 Å². The van der Waals surface area contributed by atoms with Crippen molar-refractivity contribution in [3.8, 4) is 5.75 Å². The van der Waals surface area contributed by atoms with Gasteiger partial charge in [-0.1, -0.05) is 54.1 Å². The normalized spacial score (nSPS) is 16.1. The van der Waals surface area contributed by atoms with Gasteiger partial charge < -0.3 is 10.1 Å². The maximum absolute atomic E-state index is 12.3. The van der Waals surface area contributed by atoms with Crippen LogP contribution >= 0.6 is 11.8 Å². The summed E-state index contributed by atoms with van der Waals surface area (Å²) in [5.74, 6) is 0.662. The molecule has 0 spiro atoms. The first-order chi connectivity index (χ1) is 14.5. The molecule has 1 aliphatic heterocycles. The molecular weight excluding hydrogens is 392 g/mol. The molecule has 0 radical (unpaired) electrons. The van der Waals surface area contributed by atoms with E-state index in [4.69, 9.17) is 4.74 Å². The summed E-state index contributed by atoms with van der Waals surface area (Å²) in [5.41, 5.74) is 5.25. The number of ether oxygens (including phenoxy) is 1. The highest BCUT2D eigenvalue weighted by Crippen LogP contribution is 2.28. The Morgan fingerprint density at radius 3 is 2.43 bits per heavy atom. The fraction of sp³-hybridized carbons (Fsp3) is 0.120. The average Bonchev–Trinajstić information content (AvgIpc) is 3.06. The van der Waals surface area contributed by atoms with Crippen LogP contribution in [0.2, 0.25) is 0 Å². The highest BCUT2D eigenvalue weighted by atomic mass is 32.2. The second-order valence-electron chi connectivity index (χ2n) is 7.17. The fourth-order valence-electron chi connectivity index (χ4n) is 3.08. The smallest absolute Gasteiger partial charge is 0.264 e. The molecule has 0 aromatic heterocycles. The van der Waals surface area contributed by atoms with Crippen LogP contribution < -0.4 is 10.1 Å². The second kappa shape index (κ2) is 9.01. The van der Waals surface area contributed by atoms with E-state index < -0.39 is 0 Å². The van der Waals surface area contributed by atoms with Crippen LogP contribution in [0.3, 0.4) is 0 Å². The minimum Gasteiger partial charge on any atom is -0.489 e. The zero-order chi connectivity index (χ0) is 20.9. The minimum absolute atomic E-state index is 0.133. The molecule has 1 aliphatic rings. The van der Waals surface area contributed by atoms with E-state index in [0.29, 0.717) is 16.7 Å². The number of aliphatic imine (C=N–C) groups is 1. The number of nitrogens with one attached hydrogen (secondary N) is 1. The first kappa shape index (κ1) is 20.0. The number of hydrogen-bond acceptors (Lipinski definition) is 4. The molecule has 0 aliphatic carbocycles. The van der Waals surface area contributed by atoms with Crippen molar-refractivity contribution in [1.82, 2.24) is 5.32 Å². The number of thioether (sulfide) groups is 1. The third-order valence-electron chi connectivity index (χ3n) is 4.55. The predicted octanol–water partition coefficient (Wildman–Crippen LogP) is 5.77. The van der Waals surface area contributed by atoms with Crippen molar-refractivity contribution in [2.45, 2.75) is 20.5 Å². The van der Waals surface area contributed by atoms with E-state index in [0.717, 1.165) is 28.1 Å². The van der Waals surface area contributed by atoms with Gasteiger partial charge in [0, 0.05) is 0 Å². The highest BCUT2D eigenvalue weighted by Gasteiger charge is 2.23. The van der Waals surface area contributed by atoms with Crippen molar-refractivity contribution >= 4 is 34.6 Å². The van der Waals surface area contributed by atoms with Gasteiger partial charge in [0.2, 0.25) is 0 Å². The maximum Gasteiger partial charge on any atom is 0.264 e. The van der Waals surface area contributed by atoms with Gasteiger partial charge in [0.05, 0.1) is 10.6 Å². The van der Waals surface area contributed by atoms with Crippen molar-refractivity contribution in [3.05, 3.63) is 100.0 Å². The molecule has 0 unspecified atom stereocenters. The molecule has 0 atom stereocenters.